The number of hydrogen-bond donors (Lipinski definition) is 2. The van der Waals surface area contributed by atoms with E-state index in [1.54, 1.807) is 29.9 Å². The van der Waals surface area contributed by atoms with Gasteiger partial charge in [-0.25, -0.2) is 4.98 Å². The summed E-state index contributed by atoms with van der Waals surface area (Å²) in [6.45, 7) is 0.871. The molecule has 0 saturated carbocycles. The van der Waals surface area contributed by atoms with Crippen molar-refractivity contribution in [2.75, 3.05) is 5.32 Å². The molecule has 0 aromatic carbocycles. The number of fused-ring (bicyclic) bond motifs is 1. The Kier molecular flexibility index (Phi) is 4.40. The van der Waals surface area contributed by atoms with E-state index in [1.165, 1.54) is 0 Å². The normalized spacial score (nSPS) is 10.9. The summed E-state index contributed by atoms with van der Waals surface area (Å²) in [7, 11) is 0. The second-order valence-corrected chi connectivity index (χ2v) is 6.33. The molecule has 0 fully saturated rings. The second-order valence-electron chi connectivity index (χ2n) is 5.01. The largest absolute Gasteiger partial charge is 0.460 e. The van der Waals surface area contributed by atoms with Crippen molar-refractivity contribution < 1.29 is 4.74 Å². The molecule has 4 aromatic rings. The van der Waals surface area contributed by atoms with E-state index in [9.17, 15) is 0 Å². The van der Waals surface area contributed by atoms with Gasteiger partial charge in [-0.3, -0.25) is 9.97 Å². The molecule has 0 spiro atoms. The van der Waals surface area contributed by atoms with E-state index < -0.39 is 0 Å². The van der Waals surface area contributed by atoms with Crippen LogP contribution in [-0.2, 0) is 13.2 Å². The minimum Gasteiger partial charge on any atom is -0.460 e. The maximum Gasteiger partial charge on any atom is 0.296 e. The fourth-order valence-electron chi connectivity index (χ4n) is 2.18. The molecular formula is C15H12ClN7OS. The van der Waals surface area contributed by atoms with E-state index in [0.29, 0.717) is 36.1 Å². The lowest BCUT2D eigenvalue weighted by atomic mass is 10.3. The number of H-pyrrole nitrogens is 1. The first kappa shape index (κ1) is 15.7. The summed E-state index contributed by atoms with van der Waals surface area (Å²) in [6.07, 6.45) is 5.20. The van der Waals surface area contributed by atoms with Crippen LogP contribution in [0.3, 0.4) is 0 Å². The highest BCUT2D eigenvalue weighted by Crippen LogP contribution is 2.23. The Balaban J connectivity index is 1.55. The summed E-state index contributed by atoms with van der Waals surface area (Å²) in [5.41, 5.74) is 2.00. The van der Waals surface area contributed by atoms with Crippen LogP contribution in [0.2, 0.25) is 5.28 Å². The molecule has 0 aliphatic rings. The van der Waals surface area contributed by atoms with Crippen molar-refractivity contribution in [3.05, 3.63) is 52.0 Å². The van der Waals surface area contributed by atoms with E-state index in [-0.39, 0.29) is 5.28 Å². The molecule has 0 atom stereocenters. The summed E-state index contributed by atoms with van der Waals surface area (Å²) in [5.74, 6) is 0.526. The van der Waals surface area contributed by atoms with Crippen molar-refractivity contribution in [2.45, 2.75) is 13.2 Å². The quantitative estimate of drug-likeness (QED) is 0.501. The number of aromatic amines is 1. The monoisotopic (exact) mass is 373 g/mol. The van der Waals surface area contributed by atoms with Crippen LogP contribution < -0.4 is 10.1 Å². The van der Waals surface area contributed by atoms with Crippen LogP contribution in [0.25, 0.3) is 11.2 Å². The Labute approximate surface area is 151 Å². The van der Waals surface area contributed by atoms with E-state index in [2.05, 4.69) is 35.2 Å². The summed E-state index contributed by atoms with van der Waals surface area (Å²) in [5, 5.41) is 6.16. The van der Waals surface area contributed by atoms with Crippen molar-refractivity contribution in [1.82, 2.24) is 29.9 Å². The van der Waals surface area contributed by atoms with Gasteiger partial charge in [-0.1, -0.05) is 6.07 Å². The molecule has 8 nitrogen and oxygen atoms in total. The standard InChI is InChI=1S/C15H12ClN7OS/c16-14-21-12(19-7-10-18-4-5-25-10)11-13(22-14)23-15(20-11)24-8-9-2-1-3-17-6-9/h1-6H,7-8H2,(H2,19,20,21,22,23). The number of pyridine rings is 1. The van der Waals surface area contributed by atoms with Gasteiger partial charge in [-0.15, -0.1) is 11.3 Å². The Bertz CT molecular complexity index is 974. The average molecular weight is 374 g/mol. The molecule has 2 N–H and O–H groups in total. The highest BCUT2D eigenvalue weighted by Gasteiger charge is 2.13. The van der Waals surface area contributed by atoms with Crippen LogP contribution in [0, 0.1) is 0 Å². The van der Waals surface area contributed by atoms with Gasteiger partial charge >= 0.3 is 0 Å². The van der Waals surface area contributed by atoms with Gasteiger partial charge in [0.25, 0.3) is 6.01 Å². The molecule has 10 heteroatoms. The molecule has 0 aliphatic carbocycles. The lowest BCUT2D eigenvalue weighted by molar-refractivity contribution is 0.284. The highest BCUT2D eigenvalue weighted by atomic mass is 35.5. The summed E-state index contributed by atoms with van der Waals surface area (Å²) >= 11 is 7.55. The van der Waals surface area contributed by atoms with E-state index in [0.717, 1.165) is 10.6 Å². The molecule has 4 rings (SSSR count). The Morgan fingerprint density at radius 3 is 3.00 bits per heavy atom. The van der Waals surface area contributed by atoms with Crippen molar-refractivity contribution in [3.63, 3.8) is 0 Å². The van der Waals surface area contributed by atoms with Crippen molar-refractivity contribution in [3.8, 4) is 6.01 Å². The third-order valence-electron chi connectivity index (χ3n) is 3.28. The Morgan fingerprint density at radius 2 is 2.20 bits per heavy atom. The SMILES string of the molecule is Clc1nc(NCc2nccs2)c2nc(OCc3cccnc3)[nH]c2n1. The smallest absolute Gasteiger partial charge is 0.296 e. The van der Waals surface area contributed by atoms with Gasteiger partial charge in [0, 0.05) is 29.5 Å². The zero-order valence-corrected chi connectivity index (χ0v) is 14.4. The molecule has 126 valence electrons. The number of halogens is 1. The lowest BCUT2D eigenvalue weighted by Gasteiger charge is -2.03. The number of nitrogens with one attached hydrogen (secondary N) is 2. The van der Waals surface area contributed by atoms with Crippen LogP contribution in [-0.4, -0.2) is 29.9 Å². The van der Waals surface area contributed by atoms with Crippen LogP contribution in [0.4, 0.5) is 5.82 Å². The molecule has 0 amide bonds. The molecule has 0 saturated heterocycles. The maximum atomic E-state index is 5.99. The number of aromatic nitrogens is 6. The van der Waals surface area contributed by atoms with Gasteiger partial charge in [-0.2, -0.15) is 15.0 Å². The zero-order valence-electron chi connectivity index (χ0n) is 12.8. The fraction of sp³-hybridized carbons (Fsp3) is 0.133. The molecule has 0 radical (unpaired) electrons. The van der Waals surface area contributed by atoms with Crippen molar-refractivity contribution in [2.24, 2.45) is 0 Å². The topological polar surface area (TPSA) is 102 Å². The van der Waals surface area contributed by atoms with Gasteiger partial charge < -0.3 is 10.1 Å². The number of rotatable bonds is 6. The Morgan fingerprint density at radius 1 is 1.24 bits per heavy atom. The highest BCUT2D eigenvalue weighted by molar-refractivity contribution is 7.09. The minimum atomic E-state index is 0.122. The summed E-state index contributed by atoms with van der Waals surface area (Å²) < 4.78 is 5.67. The molecule has 4 heterocycles. The number of nitrogens with zero attached hydrogens (tertiary/aromatic N) is 5. The second kappa shape index (κ2) is 6.99. The summed E-state index contributed by atoms with van der Waals surface area (Å²) in [4.78, 5) is 24.0. The van der Waals surface area contributed by atoms with Gasteiger partial charge in [0.05, 0.1) is 6.54 Å². The molecule has 4 aromatic heterocycles. The van der Waals surface area contributed by atoms with E-state index >= 15 is 0 Å². The lowest BCUT2D eigenvalue weighted by Crippen LogP contribution is -2.02. The molecule has 25 heavy (non-hydrogen) atoms. The van der Waals surface area contributed by atoms with Crippen molar-refractivity contribution in [1.29, 1.82) is 0 Å². The third kappa shape index (κ3) is 3.67. The summed E-state index contributed by atoms with van der Waals surface area (Å²) in [6, 6.07) is 4.11. The van der Waals surface area contributed by atoms with Gasteiger partial charge in [0.1, 0.15) is 11.6 Å². The van der Waals surface area contributed by atoms with Crippen LogP contribution in [0.15, 0.2) is 36.1 Å². The predicted octanol–water partition coefficient (Wildman–Crippen LogP) is 3.05. The van der Waals surface area contributed by atoms with Crippen LogP contribution in [0.1, 0.15) is 10.6 Å². The van der Waals surface area contributed by atoms with E-state index in [1.807, 2.05) is 17.5 Å². The van der Waals surface area contributed by atoms with Crippen molar-refractivity contribution >= 4 is 39.9 Å². The average Bonchev–Trinajstić information content (AvgIpc) is 3.28. The molecule has 0 aliphatic heterocycles. The Hall–Kier alpha value is -2.78. The molecular weight excluding hydrogens is 362 g/mol. The number of imidazole rings is 1. The maximum absolute atomic E-state index is 5.99. The van der Waals surface area contributed by atoms with Gasteiger partial charge in [0.2, 0.25) is 5.28 Å². The first-order valence-corrected chi connectivity index (χ1v) is 8.61. The third-order valence-corrected chi connectivity index (χ3v) is 4.23. The number of ether oxygens (including phenoxy) is 1. The van der Waals surface area contributed by atoms with E-state index in [4.69, 9.17) is 16.3 Å². The number of thiazole rings is 1. The van der Waals surface area contributed by atoms with Gasteiger partial charge in [-0.05, 0) is 17.7 Å². The first-order chi connectivity index (χ1) is 12.3. The first-order valence-electron chi connectivity index (χ1n) is 7.35. The fourth-order valence-corrected chi connectivity index (χ4v) is 2.90. The molecule has 0 unspecified atom stereocenters. The minimum absolute atomic E-state index is 0.122. The van der Waals surface area contributed by atoms with Crippen LogP contribution >= 0.6 is 22.9 Å². The number of anilines is 1. The molecule has 0 bridgehead atoms. The van der Waals surface area contributed by atoms with Crippen LogP contribution in [0.5, 0.6) is 6.01 Å². The number of hydrogen-bond acceptors (Lipinski definition) is 8. The van der Waals surface area contributed by atoms with Gasteiger partial charge in [0.15, 0.2) is 17.0 Å². The zero-order chi connectivity index (χ0) is 17.1. The predicted molar refractivity (Wildman–Crippen MR) is 94.7 cm³/mol.